The summed E-state index contributed by atoms with van der Waals surface area (Å²) in [5, 5.41) is 12.0. The van der Waals surface area contributed by atoms with E-state index in [9.17, 15) is 4.79 Å². The van der Waals surface area contributed by atoms with Crippen LogP contribution in [0, 0.1) is 0 Å². The summed E-state index contributed by atoms with van der Waals surface area (Å²) < 4.78 is 0. The molecule has 1 atom stereocenters. The highest BCUT2D eigenvalue weighted by molar-refractivity contribution is 5.82. The van der Waals surface area contributed by atoms with Gasteiger partial charge in [-0.1, -0.05) is 11.6 Å². The van der Waals surface area contributed by atoms with Crippen LogP contribution in [-0.2, 0) is 0 Å². The monoisotopic (exact) mass is 249 g/mol. The van der Waals surface area contributed by atoms with E-state index >= 15 is 0 Å². The Morgan fingerprint density at radius 2 is 2.44 bits per heavy atom. The van der Waals surface area contributed by atoms with Crippen molar-refractivity contribution in [3.63, 3.8) is 0 Å². The average Bonchev–Trinajstić information content (AvgIpc) is 2.76. The Morgan fingerprint density at radius 1 is 1.67 bits per heavy atom. The number of aliphatic hydroxyl groups excluding tert-OH is 1. The van der Waals surface area contributed by atoms with Gasteiger partial charge in [-0.15, -0.1) is 0 Å². The van der Waals surface area contributed by atoms with E-state index in [4.69, 9.17) is 5.11 Å². The predicted molar refractivity (Wildman–Crippen MR) is 68.4 cm³/mol. The van der Waals surface area contributed by atoms with Gasteiger partial charge in [-0.25, -0.2) is 9.78 Å². The molecule has 0 spiro atoms. The quantitative estimate of drug-likeness (QED) is 0.586. The van der Waals surface area contributed by atoms with Gasteiger partial charge < -0.3 is 15.4 Å². The van der Waals surface area contributed by atoms with Gasteiger partial charge >= 0.3 is 5.69 Å². The third kappa shape index (κ3) is 2.57. The molecule has 7 heteroatoms. The average molecular weight is 249 g/mol. The molecule has 7 nitrogen and oxygen atoms in total. The number of fused-ring (bicyclic) bond motifs is 1. The topological polar surface area (TPSA) is 107 Å². The maximum atomic E-state index is 11.3. The van der Waals surface area contributed by atoms with E-state index in [1.165, 1.54) is 6.33 Å². The third-order valence-electron chi connectivity index (χ3n) is 2.46. The summed E-state index contributed by atoms with van der Waals surface area (Å²) in [6.45, 7) is 3.74. The van der Waals surface area contributed by atoms with E-state index in [0.29, 0.717) is 17.0 Å². The first-order valence-corrected chi connectivity index (χ1v) is 5.58. The van der Waals surface area contributed by atoms with Crippen LogP contribution in [0.1, 0.15) is 13.8 Å². The first-order valence-electron chi connectivity index (χ1n) is 5.58. The van der Waals surface area contributed by atoms with Crippen LogP contribution < -0.4 is 11.0 Å². The minimum Gasteiger partial charge on any atom is -0.392 e. The molecule has 0 aliphatic carbocycles. The van der Waals surface area contributed by atoms with E-state index in [2.05, 4.69) is 25.3 Å². The Kier molecular flexibility index (Phi) is 3.42. The highest BCUT2D eigenvalue weighted by atomic mass is 16.3. The molecule has 0 bridgehead atoms. The van der Waals surface area contributed by atoms with Crippen LogP contribution in [0.3, 0.4) is 0 Å². The Labute approximate surface area is 103 Å². The van der Waals surface area contributed by atoms with Gasteiger partial charge in [0.15, 0.2) is 11.5 Å². The lowest BCUT2D eigenvalue weighted by molar-refractivity contribution is 0.331. The summed E-state index contributed by atoms with van der Waals surface area (Å²) in [7, 11) is 0. The molecule has 2 aromatic heterocycles. The smallest absolute Gasteiger partial charge is 0.348 e. The molecule has 0 saturated heterocycles. The number of aromatic amines is 2. The van der Waals surface area contributed by atoms with Crippen molar-refractivity contribution in [1.29, 1.82) is 0 Å². The second kappa shape index (κ2) is 5.01. The normalized spacial score (nSPS) is 13.8. The molecule has 0 fully saturated rings. The standard InChI is InChI=1S/C11H15N5O2/c1-6(4-17)3-7(2)14-10-8-9(13-5-12-8)15-11(18)16-10/h3,5,7,17H,4H2,1-2H3,(H3,12,13,14,15,16,18)/b6-3+/t7-/m0/s1. The van der Waals surface area contributed by atoms with E-state index in [-0.39, 0.29) is 12.6 Å². The Balaban J connectivity index is 2.31. The van der Waals surface area contributed by atoms with E-state index in [1.807, 2.05) is 19.9 Å². The molecule has 2 heterocycles. The maximum absolute atomic E-state index is 11.3. The molecule has 18 heavy (non-hydrogen) atoms. The molecule has 0 aliphatic heterocycles. The zero-order valence-electron chi connectivity index (χ0n) is 10.2. The molecule has 4 N–H and O–H groups in total. The van der Waals surface area contributed by atoms with E-state index in [0.717, 1.165) is 5.57 Å². The third-order valence-corrected chi connectivity index (χ3v) is 2.46. The van der Waals surface area contributed by atoms with Crippen molar-refractivity contribution in [2.24, 2.45) is 0 Å². The van der Waals surface area contributed by atoms with Crippen molar-refractivity contribution in [3.05, 3.63) is 28.5 Å². The van der Waals surface area contributed by atoms with Gasteiger partial charge in [-0.3, -0.25) is 4.98 Å². The second-order valence-electron chi connectivity index (χ2n) is 4.12. The number of rotatable bonds is 4. The lowest BCUT2D eigenvalue weighted by atomic mass is 10.2. The number of nitrogens with one attached hydrogen (secondary N) is 3. The SMILES string of the molecule is C/C(=C\[C@H](C)Nc1nc(=O)[nH]c2nc[nH]c12)CO. The highest BCUT2D eigenvalue weighted by Crippen LogP contribution is 2.14. The first-order chi connectivity index (χ1) is 8.60. The van der Waals surface area contributed by atoms with Crippen molar-refractivity contribution in [2.75, 3.05) is 11.9 Å². The Morgan fingerprint density at radius 3 is 3.17 bits per heavy atom. The number of anilines is 1. The zero-order chi connectivity index (χ0) is 13.1. The summed E-state index contributed by atoms with van der Waals surface area (Å²) in [5.41, 5.74) is 1.51. The maximum Gasteiger partial charge on any atom is 0.348 e. The van der Waals surface area contributed by atoms with Crippen molar-refractivity contribution >= 4 is 17.0 Å². The summed E-state index contributed by atoms with van der Waals surface area (Å²) >= 11 is 0. The molecule has 0 radical (unpaired) electrons. The zero-order valence-corrected chi connectivity index (χ0v) is 10.2. The molecule has 0 aliphatic rings. The fourth-order valence-electron chi connectivity index (χ4n) is 1.70. The largest absolute Gasteiger partial charge is 0.392 e. The summed E-state index contributed by atoms with van der Waals surface area (Å²) in [4.78, 5) is 24.6. The van der Waals surface area contributed by atoms with Crippen LogP contribution in [0.5, 0.6) is 0 Å². The minimum atomic E-state index is -0.452. The van der Waals surface area contributed by atoms with Crippen LogP contribution in [0.25, 0.3) is 11.2 Å². The van der Waals surface area contributed by atoms with Crippen LogP contribution in [0.15, 0.2) is 22.8 Å². The van der Waals surface area contributed by atoms with Crippen molar-refractivity contribution in [1.82, 2.24) is 19.9 Å². The van der Waals surface area contributed by atoms with Gasteiger partial charge in [0.2, 0.25) is 0 Å². The molecule has 0 saturated carbocycles. The van der Waals surface area contributed by atoms with Gasteiger partial charge in [-0.2, -0.15) is 4.98 Å². The number of nitrogens with zero attached hydrogens (tertiary/aromatic N) is 2. The van der Waals surface area contributed by atoms with E-state index in [1.54, 1.807) is 0 Å². The van der Waals surface area contributed by atoms with Crippen LogP contribution >= 0.6 is 0 Å². The molecular formula is C11H15N5O2. The lowest BCUT2D eigenvalue weighted by Crippen LogP contribution is -2.19. The molecular weight excluding hydrogens is 234 g/mol. The fourth-order valence-corrected chi connectivity index (χ4v) is 1.70. The number of imidazole rings is 1. The summed E-state index contributed by atoms with van der Waals surface area (Å²) in [6.07, 6.45) is 3.36. The number of hydrogen-bond donors (Lipinski definition) is 4. The van der Waals surface area contributed by atoms with Crippen LogP contribution in [-0.4, -0.2) is 37.7 Å². The van der Waals surface area contributed by atoms with Gasteiger partial charge in [0.25, 0.3) is 0 Å². The van der Waals surface area contributed by atoms with Crippen molar-refractivity contribution < 1.29 is 5.11 Å². The molecule has 2 aromatic rings. The Bertz CT molecular complexity index is 628. The minimum absolute atomic E-state index is 0.00822. The number of hydrogen-bond acceptors (Lipinski definition) is 5. The molecule has 0 aromatic carbocycles. The number of aromatic nitrogens is 4. The molecule has 96 valence electrons. The molecule has 0 unspecified atom stereocenters. The van der Waals surface area contributed by atoms with Gasteiger partial charge in [0, 0.05) is 6.04 Å². The highest BCUT2D eigenvalue weighted by Gasteiger charge is 2.08. The van der Waals surface area contributed by atoms with Gasteiger partial charge in [0.1, 0.15) is 5.52 Å². The number of H-pyrrole nitrogens is 2. The summed E-state index contributed by atoms with van der Waals surface area (Å²) in [5.74, 6) is 0.445. The lowest BCUT2D eigenvalue weighted by Gasteiger charge is -2.11. The van der Waals surface area contributed by atoms with Crippen molar-refractivity contribution in [2.45, 2.75) is 19.9 Å². The summed E-state index contributed by atoms with van der Waals surface area (Å²) in [6, 6.07) is -0.0575. The van der Waals surface area contributed by atoms with Crippen molar-refractivity contribution in [3.8, 4) is 0 Å². The van der Waals surface area contributed by atoms with Gasteiger partial charge in [-0.05, 0) is 13.8 Å². The van der Waals surface area contributed by atoms with Crippen LogP contribution in [0.2, 0.25) is 0 Å². The van der Waals surface area contributed by atoms with Crippen LogP contribution in [0.4, 0.5) is 5.82 Å². The van der Waals surface area contributed by atoms with Gasteiger partial charge in [0.05, 0.1) is 12.9 Å². The second-order valence-corrected chi connectivity index (χ2v) is 4.12. The molecule has 0 amide bonds. The molecule has 2 rings (SSSR count). The first kappa shape index (κ1) is 12.3. The predicted octanol–water partition coefficient (Wildman–Crippen LogP) is 0.385. The number of aliphatic hydroxyl groups is 1. The van der Waals surface area contributed by atoms with E-state index < -0.39 is 5.69 Å². The fraction of sp³-hybridized carbons (Fsp3) is 0.364. The Hall–Kier alpha value is -2.15.